The summed E-state index contributed by atoms with van der Waals surface area (Å²) in [5.41, 5.74) is 1.48. The normalized spacial score (nSPS) is 12.2. The number of hydrogen-bond acceptors (Lipinski definition) is 2. The molecule has 0 amide bonds. The molecule has 0 radical (unpaired) electrons. The smallest absolute Gasteiger partial charge is 0.146 e. The average molecular weight is 324 g/mol. The second-order valence-corrected chi connectivity index (χ2v) is 5.24. The number of hydrogen-bond donors (Lipinski definition) is 2. The highest BCUT2D eigenvalue weighted by Gasteiger charge is 2.11. The van der Waals surface area contributed by atoms with Crippen LogP contribution in [0.1, 0.15) is 24.9 Å². The van der Waals surface area contributed by atoms with Crippen molar-refractivity contribution in [1.29, 1.82) is 0 Å². The van der Waals surface area contributed by atoms with Crippen LogP contribution in [-0.4, -0.2) is 5.11 Å². The number of rotatable bonds is 4. The minimum Gasteiger partial charge on any atom is -0.508 e. The lowest BCUT2D eigenvalue weighted by Gasteiger charge is -2.19. The Hall–Kier alpha value is -1.55. The Morgan fingerprint density at radius 1 is 1.21 bits per heavy atom. The van der Waals surface area contributed by atoms with E-state index in [4.69, 9.17) is 0 Å². The molecule has 0 saturated carbocycles. The van der Waals surface area contributed by atoms with Crippen LogP contribution >= 0.6 is 15.9 Å². The quantitative estimate of drug-likeness (QED) is 0.842. The van der Waals surface area contributed by atoms with E-state index in [1.165, 1.54) is 6.07 Å². The second kappa shape index (κ2) is 6.06. The maximum absolute atomic E-state index is 13.7. The molecule has 2 aromatic rings. The van der Waals surface area contributed by atoms with Crippen LogP contribution in [0, 0.1) is 5.82 Å². The topological polar surface area (TPSA) is 32.3 Å². The lowest BCUT2D eigenvalue weighted by molar-refractivity contribution is 0.475. The Kier molecular flexibility index (Phi) is 4.43. The largest absolute Gasteiger partial charge is 0.508 e. The molecule has 0 heterocycles. The van der Waals surface area contributed by atoms with Crippen LogP contribution < -0.4 is 5.32 Å². The van der Waals surface area contributed by atoms with Gasteiger partial charge >= 0.3 is 0 Å². The first-order chi connectivity index (χ1) is 9.10. The third-order valence-electron chi connectivity index (χ3n) is 2.96. The molecular formula is C15H15BrFNO. The van der Waals surface area contributed by atoms with Gasteiger partial charge in [0.05, 0.1) is 11.7 Å². The van der Waals surface area contributed by atoms with Crippen molar-refractivity contribution in [2.75, 3.05) is 5.32 Å². The summed E-state index contributed by atoms with van der Waals surface area (Å²) in [5, 5.41) is 12.5. The van der Waals surface area contributed by atoms with Crippen LogP contribution in [0.4, 0.5) is 10.1 Å². The van der Waals surface area contributed by atoms with Gasteiger partial charge in [0.1, 0.15) is 11.6 Å². The Bertz CT molecular complexity index is 557. The molecule has 0 aliphatic heterocycles. The van der Waals surface area contributed by atoms with E-state index in [2.05, 4.69) is 21.2 Å². The summed E-state index contributed by atoms with van der Waals surface area (Å²) < 4.78 is 14.6. The monoisotopic (exact) mass is 323 g/mol. The molecule has 0 spiro atoms. The molecule has 0 aliphatic rings. The van der Waals surface area contributed by atoms with E-state index in [0.717, 1.165) is 16.5 Å². The van der Waals surface area contributed by atoms with E-state index in [0.29, 0.717) is 5.69 Å². The predicted molar refractivity (Wildman–Crippen MR) is 78.9 cm³/mol. The number of benzene rings is 2. The Morgan fingerprint density at radius 3 is 2.53 bits per heavy atom. The van der Waals surface area contributed by atoms with Crippen LogP contribution in [-0.2, 0) is 0 Å². The summed E-state index contributed by atoms with van der Waals surface area (Å²) in [6.07, 6.45) is 0.816. The molecule has 0 aliphatic carbocycles. The minimum absolute atomic E-state index is 0.00407. The maximum atomic E-state index is 13.7. The Balaban J connectivity index is 2.23. The summed E-state index contributed by atoms with van der Waals surface area (Å²) in [6, 6.07) is 11.8. The molecule has 4 heteroatoms. The fraction of sp³-hybridized carbons (Fsp3) is 0.200. The molecule has 2 N–H and O–H groups in total. The summed E-state index contributed by atoms with van der Waals surface area (Å²) >= 11 is 3.33. The van der Waals surface area contributed by atoms with Gasteiger partial charge in [-0.1, -0.05) is 35.0 Å². The molecule has 0 aromatic heterocycles. The molecule has 2 nitrogen and oxygen atoms in total. The number of phenols is 1. The zero-order chi connectivity index (χ0) is 13.8. The van der Waals surface area contributed by atoms with Gasteiger partial charge in [0, 0.05) is 4.47 Å². The highest BCUT2D eigenvalue weighted by Crippen LogP contribution is 2.27. The van der Waals surface area contributed by atoms with Gasteiger partial charge in [-0.15, -0.1) is 0 Å². The van der Waals surface area contributed by atoms with Crippen molar-refractivity contribution in [2.45, 2.75) is 19.4 Å². The zero-order valence-electron chi connectivity index (χ0n) is 10.5. The zero-order valence-corrected chi connectivity index (χ0v) is 12.1. The van der Waals surface area contributed by atoms with E-state index in [1.807, 2.05) is 19.1 Å². The van der Waals surface area contributed by atoms with Crippen LogP contribution in [0.3, 0.4) is 0 Å². The van der Waals surface area contributed by atoms with Gasteiger partial charge in [0.15, 0.2) is 0 Å². The standard InChI is InChI=1S/C15H15BrFNO/c1-2-14(10-3-6-12(19)7-4-10)18-15-9-11(16)5-8-13(15)17/h3-9,14,18-19H,2H2,1H3. The van der Waals surface area contributed by atoms with E-state index in [-0.39, 0.29) is 17.6 Å². The van der Waals surface area contributed by atoms with Crippen LogP contribution in [0.15, 0.2) is 46.9 Å². The van der Waals surface area contributed by atoms with Crippen molar-refractivity contribution in [3.8, 4) is 5.75 Å². The van der Waals surface area contributed by atoms with Crippen molar-refractivity contribution in [2.24, 2.45) is 0 Å². The van der Waals surface area contributed by atoms with E-state index < -0.39 is 0 Å². The molecule has 0 fully saturated rings. The third kappa shape index (κ3) is 3.47. The van der Waals surface area contributed by atoms with Gasteiger partial charge in [-0.2, -0.15) is 0 Å². The number of phenolic OH excluding ortho intramolecular Hbond substituents is 1. The number of halogens is 2. The van der Waals surface area contributed by atoms with Crippen molar-refractivity contribution in [3.63, 3.8) is 0 Å². The average Bonchev–Trinajstić information content (AvgIpc) is 2.41. The Morgan fingerprint density at radius 2 is 1.89 bits per heavy atom. The molecule has 1 unspecified atom stereocenters. The fourth-order valence-electron chi connectivity index (χ4n) is 1.92. The molecular weight excluding hydrogens is 309 g/mol. The first-order valence-corrected chi connectivity index (χ1v) is 6.90. The fourth-order valence-corrected chi connectivity index (χ4v) is 2.28. The SMILES string of the molecule is CCC(Nc1cc(Br)ccc1F)c1ccc(O)cc1. The summed E-state index contributed by atoms with van der Waals surface area (Å²) in [4.78, 5) is 0. The third-order valence-corrected chi connectivity index (χ3v) is 3.46. The van der Waals surface area contributed by atoms with Gasteiger partial charge in [-0.25, -0.2) is 4.39 Å². The molecule has 19 heavy (non-hydrogen) atoms. The lowest BCUT2D eigenvalue weighted by atomic mass is 10.0. The molecule has 1 atom stereocenters. The molecule has 2 rings (SSSR count). The molecule has 100 valence electrons. The number of nitrogens with one attached hydrogen (secondary N) is 1. The molecule has 0 saturated heterocycles. The first-order valence-electron chi connectivity index (χ1n) is 6.10. The highest BCUT2D eigenvalue weighted by atomic mass is 79.9. The minimum atomic E-state index is -0.277. The van der Waals surface area contributed by atoms with E-state index in [1.54, 1.807) is 24.3 Å². The van der Waals surface area contributed by atoms with Crippen LogP contribution in [0.2, 0.25) is 0 Å². The summed E-state index contributed by atoms with van der Waals surface area (Å²) in [7, 11) is 0. The van der Waals surface area contributed by atoms with Gasteiger partial charge in [0.25, 0.3) is 0 Å². The number of aromatic hydroxyl groups is 1. The van der Waals surface area contributed by atoms with Crippen LogP contribution in [0.5, 0.6) is 5.75 Å². The first kappa shape index (κ1) is 13.9. The van der Waals surface area contributed by atoms with Gasteiger partial charge < -0.3 is 10.4 Å². The van der Waals surface area contributed by atoms with Crippen LogP contribution in [0.25, 0.3) is 0 Å². The van der Waals surface area contributed by atoms with Gasteiger partial charge in [-0.3, -0.25) is 0 Å². The van der Waals surface area contributed by atoms with Crippen molar-refractivity contribution in [1.82, 2.24) is 0 Å². The van der Waals surface area contributed by atoms with Crippen molar-refractivity contribution < 1.29 is 9.50 Å². The second-order valence-electron chi connectivity index (χ2n) is 4.32. The lowest BCUT2D eigenvalue weighted by Crippen LogP contribution is -2.10. The Labute approximate surface area is 120 Å². The highest BCUT2D eigenvalue weighted by molar-refractivity contribution is 9.10. The number of anilines is 1. The summed E-state index contributed by atoms with van der Waals surface area (Å²) in [6.45, 7) is 2.03. The van der Waals surface area contributed by atoms with Crippen molar-refractivity contribution in [3.05, 3.63) is 58.3 Å². The van der Waals surface area contributed by atoms with Gasteiger partial charge in [0.2, 0.25) is 0 Å². The van der Waals surface area contributed by atoms with E-state index >= 15 is 0 Å². The van der Waals surface area contributed by atoms with Crippen molar-refractivity contribution >= 4 is 21.6 Å². The predicted octanol–water partition coefficient (Wildman–Crippen LogP) is 4.86. The summed E-state index contributed by atoms with van der Waals surface area (Å²) in [5.74, 6) is -0.0485. The molecule has 2 aromatic carbocycles. The maximum Gasteiger partial charge on any atom is 0.146 e. The van der Waals surface area contributed by atoms with E-state index in [9.17, 15) is 9.50 Å². The molecule has 0 bridgehead atoms. The van der Waals surface area contributed by atoms with Gasteiger partial charge in [-0.05, 0) is 42.3 Å².